The Labute approximate surface area is 114 Å². The molecule has 0 radical (unpaired) electrons. The zero-order valence-corrected chi connectivity index (χ0v) is 12.0. The first-order valence-electron chi connectivity index (χ1n) is 5.74. The summed E-state index contributed by atoms with van der Waals surface area (Å²) in [5, 5.41) is 0. The summed E-state index contributed by atoms with van der Waals surface area (Å²) in [5.74, 6) is 0.890. The molecular formula is C12H18ClNO3S. The van der Waals surface area contributed by atoms with Crippen LogP contribution >= 0.6 is 11.6 Å². The molecule has 6 heteroatoms. The molecule has 0 unspecified atom stereocenters. The maximum absolute atomic E-state index is 11.6. The van der Waals surface area contributed by atoms with Crippen LogP contribution in [0.2, 0.25) is 0 Å². The topological polar surface area (TPSA) is 46.6 Å². The van der Waals surface area contributed by atoms with Crippen LogP contribution in [0, 0.1) is 0 Å². The van der Waals surface area contributed by atoms with E-state index in [1.54, 1.807) is 7.05 Å². The Bertz CT molecular complexity index is 436. The number of halogens is 1. The van der Waals surface area contributed by atoms with Gasteiger partial charge in [-0.05, 0) is 18.6 Å². The summed E-state index contributed by atoms with van der Waals surface area (Å²) in [5.41, 5.74) is 0. The van der Waals surface area contributed by atoms with Crippen LogP contribution in [0.5, 0.6) is 5.75 Å². The van der Waals surface area contributed by atoms with Gasteiger partial charge in [0, 0.05) is 19.5 Å². The highest BCUT2D eigenvalue weighted by molar-refractivity contribution is 7.89. The van der Waals surface area contributed by atoms with Crippen molar-refractivity contribution < 1.29 is 13.2 Å². The largest absolute Gasteiger partial charge is 0.494 e. The lowest BCUT2D eigenvalue weighted by molar-refractivity contribution is 0.296. The molecule has 0 aromatic heterocycles. The lowest BCUT2D eigenvalue weighted by Gasteiger charge is -2.16. The highest BCUT2D eigenvalue weighted by Crippen LogP contribution is 2.08. The van der Waals surface area contributed by atoms with Gasteiger partial charge in [0.15, 0.2) is 0 Å². The van der Waals surface area contributed by atoms with Crippen LogP contribution < -0.4 is 4.74 Å². The molecule has 1 aromatic carbocycles. The number of benzene rings is 1. The number of alkyl halides is 1. The SMILES string of the molecule is CN(CCCOc1ccccc1)S(=O)(=O)CCCl. The lowest BCUT2D eigenvalue weighted by Crippen LogP contribution is -2.31. The summed E-state index contributed by atoms with van der Waals surface area (Å²) < 4.78 is 30.0. The second kappa shape index (κ2) is 7.61. The maximum Gasteiger partial charge on any atom is 0.215 e. The number of ether oxygens (including phenoxy) is 1. The zero-order valence-electron chi connectivity index (χ0n) is 10.4. The minimum Gasteiger partial charge on any atom is -0.494 e. The van der Waals surface area contributed by atoms with Crippen molar-refractivity contribution >= 4 is 21.6 Å². The number of hydrogen-bond donors (Lipinski definition) is 0. The van der Waals surface area contributed by atoms with E-state index >= 15 is 0 Å². The van der Waals surface area contributed by atoms with E-state index in [1.165, 1.54) is 4.31 Å². The third kappa shape index (κ3) is 5.25. The molecule has 0 heterocycles. The van der Waals surface area contributed by atoms with Gasteiger partial charge in [-0.3, -0.25) is 0 Å². The predicted molar refractivity (Wildman–Crippen MR) is 73.7 cm³/mol. The van der Waals surface area contributed by atoms with Gasteiger partial charge < -0.3 is 4.74 Å². The molecule has 1 rings (SSSR count). The van der Waals surface area contributed by atoms with Gasteiger partial charge in [0.1, 0.15) is 5.75 Å². The van der Waals surface area contributed by atoms with Gasteiger partial charge in [-0.1, -0.05) is 18.2 Å². The lowest BCUT2D eigenvalue weighted by atomic mass is 10.3. The molecule has 0 amide bonds. The van der Waals surface area contributed by atoms with E-state index in [0.717, 1.165) is 5.75 Å². The van der Waals surface area contributed by atoms with Crippen LogP contribution in [0.1, 0.15) is 6.42 Å². The Kier molecular flexibility index (Phi) is 6.46. The number of sulfonamides is 1. The van der Waals surface area contributed by atoms with Gasteiger partial charge in [-0.15, -0.1) is 11.6 Å². The Morgan fingerprint density at radius 3 is 2.56 bits per heavy atom. The molecule has 0 saturated carbocycles. The number of hydrogen-bond acceptors (Lipinski definition) is 3. The molecule has 0 fully saturated rings. The monoisotopic (exact) mass is 291 g/mol. The standard InChI is InChI=1S/C12H18ClNO3S/c1-14(18(15,16)11-8-13)9-5-10-17-12-6-3-2-4-7-12/h2-4,6-7H,5,8-11H2,1H3. The molecule has 1 aromatic rings. The molecule has 0 atom stereocenters. The second-order valence-corrected chi connectivity index (χ2v) is 6.41. The van der Waals surface area contributed by atoms with Crippen LogP contribution in [0.25, 0.3) is 0 Å². The van der Waals surface area contributed by atoms with E-state index in [2.05, 4.69) is 0 Å². The Morgan fingerprint density at radius 2 is 1.94 bits per heavy atom. The fraction of sp³-hybridized carbons (Fsp3) is 0.500. The van der Waals surface area contributed by atoms with Crippen LogP contribution in [0.15, 0.2) is 30.3 Å². The van der Waals surface area contributed by atoms with Gasteiger partial charge >= 0.3 is 0 Å². The molecular weight excluding hydrogens is 274 g/mol. The first kappa shape index (κ1) is 15.3. The summed E-state index contributed by atoms with van der Waals surface area (Å²) in [6.45, 7) is 0.927. The normalized spacial score (nSPS) is 11.7. The predicted octanol–water partition coefficient (Wildman–Crippen LogP) is 1.96. The first-order valence-corrected chi connectivity index (χ1v) is 7.88. The van der Waals surface area contributed by atoms with Gasteiger partial charge in [-0.25, -0.2) is 12.7 Å². The van der Waals surface area contributed by atoms with E-state index in [9.17, 15) is 8.42 Å². The first-order chi connectivity index (χ1) is 8.56. The van der Waals surface area contributed by atoms with Crippen molar-refractivity contribution in [1.82, 2.24) is 4.31 Å². The number of nitrogens with zero attached hydrogens (tertiary/aromatic N) is 1. The van der Waals surface area contributed by atoms with Crippen molar-refractivity contribution in [2.24, 2.45) is 0 Å². The minimum absolute atomic E-state index is 0.0232. The third-order valence-electron chi connectivity index (χ3n) is 2.44. The minimum atomic E-state index is -3.21. The van der Waals surface area contributed by atoms with Crippen molar-refractivity contribution in [3.05, 3.63) is 30.3 Å². The van der Waals surface area contributed by atoms with Crippen molar-refractivity contribution in [1.29, 1.82) is 0 Å². The summed E-state index contributed by atoms with van der Waals surface area (Å²) in [6.07, 6.45) is 0.646. The summed E-state index contributed by atoms with van der Waals surface area (Å²) in [4.78, 5) is 0. The average Bonchev–Trinajstić information content (AvgIpc) is 2.35. The second-order valence-electron chi connectivity index (χ2n) is 3.84. The number of rotatable bonds is 8. The van der Waals surface area contributed by atoms with Crippen molar-refractivity contribution in [3.8, 4) is 5.75 Å². The molecule has 0 aliphatic rings. The van der Waals surface area contributed by atoms with Gasteiger partial charge in [0.25, 0.3) is 0 Å². The highest BCUT2D eigenvalue weighted by Gasteiger charge is 2.16. The molecule has 0 spiro atoms. The Balaban J connectivity index is 2.26. The van der Waals surface area contributed by atoms with E-state index in [4.69, 9.17) is 16.3 Å². The maximum atomic E-state index is 11.6. The smallest absolute Gasteiger partial charge is 0.215 e. The van der Waals surface area contributed by atoms with E-state index < -0.39 is 10.0 Å². The molecule has 102 valence electrons. The van der Waals surface area contributed by atoms with Crippen LogP contribution in [0.4, 0.5) is 0 Å². The third-order valence-corrected chi connectivity index (χ3v) is 4.70. The van der Waals surface area contributed by atoms with E-state index in [1.807, 2.05) is 30.3 Å². The van der Waals surface area contributed by atoms with Crippen LogP contribution in [-0.2, 0) is 10.0 Å². The quantitative estimate of drug-likeness (QED) is 0.543. The van der Waals surface area contributed by atoms with E-state index in [0.29, 0.717) is 19.6 Å². The summed E-state index contributed by atoms with van der Waals surface area (Å²) >= 11 is 5.44. The van der Waals surface area contributed by atoms with Crippen molar-refractivity contribution in [2.45, 2.75) is 6.42 Å². The molecule has 0 bridgehead atoms. The average molecular weight is 292 g/mol. The summed E-state index contributed by atoms with van der Waals surface area (Å²) in [7, 11) is -1.65. The van der Waals surface area contributed by atoms with Crippen molar-refractivity contribution in [2.75, 3.05) is 31.8 Å². The molecule has 0 N–H and O–H groups in total. The highest BCUT2D eigenvalue weighted by atomic mass is 35.5. The molecule has 18 heavy (non-hydrogen) atoms. The van der Waals surface area contributed by atoms with Crippen molar-refractivity contribution in [3.63, 3.8) is 0 Å². The van der Waals surface area contributed by atoms with E-state index in [-0.39, 0.29) is 11.6 Å². The Morgan fingerprint density at radius 1 is 1.28 bits per heavy atom. The molecule has 0 aliphatic carbocycles. The molecule has 0 aliphatic heterocycles. The van der Waals surface area contributed by atoms with Gasteiger partial charge in [-0.2, -0.15) is 0 Å². The summed E-state index contributed by atoms with van der Waals surface area (Å²) in [6, 6.07) is 9.44. The molecule has 0 saturated heterocycles. The van der Waals surface area contributed by atoms with Crippen LogP contribution in [0.3, 0.4) is 0 Å². The van der Waals surface area contributed by atoms with Gasteiger partial charge in [0.2, 0.25) is 10.0 Å². The fourth-order valence-electron chi connectivity index (χ4n) is 1.39. The zero-order chi connectivity index (χ0) is 13.4. The van der Waals surface area contributed by atoms with Crippen LogP contribution in [-0.4, -0.2) is 44.6 Å². The number of para-hydroxylation sites is 1. The fourth-order valence-corrected chi connectivity index (χ4v) is 2.89. The van der Waals surface area contributed by atoms with Gasteiger partial charge in [0.05, 0.1) is 12.4 Å². The molecule has 4 nitrogen and oxygen atoms in total. The Hall–Kier alpha value is -0.780.